The number of carbonyl (C=O) groups excluding carboxylic acids is 2. The quantitative estimate of drug-likeness (QED) is 0.493. The van der Waals surface area contributed by atoms with Crippen LogP contribution in [0.4, 0.5) is 0 Å². The summed E-state index contributed by atoms with van der Waals surface area (Å²) in [4.78, 5) is 27.6. The largest absolute Gasteiger partial charge is 0.484 e. The van der Waals surface area contributed by atoms with Crippen molar-refractivity contribution in [1.82, 2.24) is 10.2 Å². The van der Waals surface area contributed by atoms with Gasteiger partial charge in [0, 0.05) is 18.1 Å². The molecule has 168 valence electrons. The van der Waals surface area contributed by atoms with Gasteiger partial charge in [-0.25, -0.2) is 0 Å². The van der Waals surface area contributed by atoms with Crippen LogP contribution in [0.3, 0.4) is 0 Å². The first-order valence-corrected chi connectivity index (χ1v) is 11.2. The molecule has 2 amide bonds. The molecule has 0 aromatic heterocycles. The SMILES string of the molecule is CCCCNC(=O)[C@@H](CC)N(Cc1ccc(Cl)cc1)C(=O)COc1ccc(C)c(C)c1. The maximum absolute atomic E-state index is 13.2. The first-order chi connectivity index (χ1) is 14.8. The molecule has 0 aliphatic heterocycles. The summed E-state index contributed by atoms with van der Waals surface area (Å²) in [5, 5.41) is 3.59. The predicted molar refractivity (Wildman–Crippen MR) is 125 cm³/mol. The van der Waals surface area contributed by atoms with E-state index in [0.717, 1.165) is 29.5 Å². The highest BCUT2D eigenvalue weighted by Crippen LogP contribution is 2.18. The van der Waals surface area contributed by atoms with Gasteiger partial charge in [-0.2, -0.15) is 0 Å². The van der Waals surface area contributed by atoms with E-state index in [9.17, 15) is 9.59 Å². The van der Waals surface area contributed by atoms with Crippen LogP contribution in [-0.2, 0) is 16.1 Å². The zero-order valence-electron chi connectivity index (χ0n) is 18.9. The fraction of sp³-hybridized carbons (Fsp3) is 0.440. The predicted octanol–water partition coefficient (Wildman–Crippen LogP) is 5.06. The van der Waals surface area contributed by atoms with Crippen molar-refractivity contribution in [3.05, 3.63) is 64.2 Å². The van der Waals surface area contributed by atoms with E-state index in [0.29, 0.717) is 30.3 Å². The number of nitrogens with zero attached hydrogens (tertiary/aromatic N) is 1. The number of carbonyl (C=O) groups is 2. The van der Waals surface area contributed by atoms with Crippen LogP contribution in [0.2, 0.25) is 5.02 Å². The van der Waals surface area contributed by atoms with Crippen LogP contribution in [0.1, 0.15) is 49.8 Å². The highest BCUT2D eigenvalue weighted by atomic mass is 35.5. The second-order valence-electron chi connectivity index (χ2n) is 7.75. The minimum Gasteiger partial charge on any atom is -0.484 e. The van der Waals surface area contributed by atoms with Crippen molar-refractivity contribution in [2.24, 2.45) is 0 Å². The Labute approximate surface area is 190 Å². The number of halogens is 1. The summed E-state index contributed by atoms with van der Waals surface area (Å²) in [7, 11) is 0. The molecule has 0 saturated carbocycles. The molecule has 0 fully saturated rings. The van der Waals surface area contributed by atoms with Gasteiger partial charge in [0.25, 0.3) is 5.91 Å². The van der Waals surface area contributed by atoms with Gasteiger partial charge in [0.2, 0.25) is 5.91 Å². The Kier molecular flexibility index (Phi) is 9.86. The van der Waals surface area contributed by atoms with Crippen molar-refractivity contribution in [3.63, 3.8) is 0 Å². The molecular formula is C25H33ClN2O3. The van der Waals surface area contributed by atoms with E-state index in [1.165, 1.54) is 0 Å². The molecule has 0 spiro atoms. The summed E-state index contributed by atoms with van der Waals surface area (Å²) in [6.07, 6.45) is 2.42. The number of hydrogen-bond donors (Lipinski definition) is 1. The van der Waals surface area contributed by atoms with Crippen molar-refractivity contribution in [1.29, 1.82) is 0 Å². The molecule has 1 N–H and O–H groups in total. The minimum absolute atomic E-state index is 0.130. The summed E-state index contributed by atoms with van der Waals surface area (Å²) in [5.74, 6) is 0.276. The van der Waals surface area contributed by atoms with E-state index in [4.69, 9.17) is 16.3 Å². The molecule has 5 nitrogen and oxygen atoms in total. The van der Waals surface area contributed by atoms with Gasteiger partial charge in [-0.15, -0.1) is 0 Å². The van der Waals surface area contributed by atoms with Gasteiger partial charge < -0.3 is 15.0 Å². The molecule has 0 saturated heterocycles. The molecule has 2 aromatic rings. The van der Waals surface area contributed by atoms with Gasteiger partial charge in [-0.1, -0.05) is 50.1 Å². The third-order valence-electron chi connectivity index (χ3n) is 5.32. The van der Waals surface area contributed by atoms with E-state index < -0.39 is 6.04 Å². The zero-order valence-corrected chi connectivity index (χ0v) is 19.7. The average molecular weight is 445 g/mol. The Morgan fingerprint density at radius 2 is 1.77 bits per heavy atom. The smallest absolute Gasteiger partial charge is 0.261 e. The Morgan fingerprint density at radius 3 is 2.39 bits per heavy atom. The first-order valence-electron chi connectivity index (χ1n) is 10.9. The lowest BCUT2D eigenvalue weighted by Crippen LogP contribution is -2.50. The number of hydrogen-bond acceptors (Lipinski definition) is 3. The van der Waals surface area contributed by atoms with Gasteiger partial charge in [0.1, 0.15) is 11.8 Å². The number of benzene rings is 2. The topological polar surface area (TPSA) is 58.6 Å². The Bertz CT molecular complexity index is 868. The van der Waals surface area contributed by atoms with Crippen molar-refractivity contribution in [2.75, 3.05) is 13.2 Å². The summed E-state index contributed by atoms with van der Waals surface area (Å²) in [5.41, 5.74) is 3.17. The molecule has 0 unspecified atom stereocenters. The van der Waals surface area contributed by atoms with E-state index >= 15 is 0 Å². The summed E-state index contributed by atoms with van der Waals surface area (Å²) in [6.45, 7) is 8.81. The molecule has 0 aliphatic rings. The molecule has 0 bridgehead atoms. The van der Waals surface area contributed by atoms with Crippen molar-refractivity contribution in [3.8, 4) is 5.75 Å². The Balaban J connectivity index is 2.17. The van der Waals surface area contributed by atoms with E-state index in [1.807, 2.05) is 51.1 Å². The second kappa shape index (κ2) is 12.4. The lowest BCUT2D eigenvalue weighted by atomic mass is 10.1. The Hall–Kier alpha value is -2.53. The molecule has 6 heteroatoms. The van der Waals surface area contributed by atoms with Gasteiger partial charge in [0.15, 0.2) is 6.61 Å². The van der Waals surface area contributed by atoms with E-state index in [2.05, 4.69) is 12.2 Å². The van der Waals surface area contributed by atoms with Crippen molar-refractivity contribution >= 4 is 23.4 Å². The number of ether oxygens (including phenoxy) is 1. The number of rotatable bonds is 11. The van der Waals surface area contributed by atoms with Gasteiger partial charge in [0.05, 0.1) is 0 Å². The van der Waals surface area contributed by atoms with Crippen LogP contribution in [0.15, 0.2) is 42.5 Å². The number of nitrogens with one attached hydrogen (secondary N) is 1. The van der Waals surface area contributed by atoms with Crippen LogP contribution in [0.5, 0.6) is 5.75 Å². The summed E-state index contributed by atoms with van der Waals surface area (Å²) >= 11 is 6.00. The van der Waals surface area contributed by atoms with Gasteiger partial charge in [-0.05, 0) is 67.6 Å². The number of aryl methyl sites for hydroxylation is 2. The summed E-state index contributed by atoms with van der Waals surface area (Å²) in [6, 6.07) is 12.5. The third kappa shape index (κ3) is 7.59. The lowest BCUT2D eigenvalue weighted by molar-refractivity contribution is -0.143. The number of unbranched alkanes of at least 4 members (excludes halogenated alkanes) is 1. The minimum atomic E-state index is -0.566. The molecule has 0 heterocycles. The van der Waals surface area contributed by atoms with E-state index in [1.54, 1.807) is 17.0 Å². The van der Waals surface area contributed by atoms with Crippen LogP contribution >= 0.6 is 11.6 Å². The van der Waals surface area contributed by atoms with Crippen LogP contribution in [0.25, 0.3) is 0 Å². The van der Waals surface area contributed by atoms with Gasteiger partial charge >= 0.3 is 0 Å². The fourth-order valence-electron chi connectivity index (χ4n) is 3.24. The Morgan fingerprint density at radius 1 is 1.06 bits per heavy atom. The van der Waals surface area contributed by atoms with Crippen LogP contribution < -0.4 is 10.1 Å². The number of amides is 2. The average Bonchev–Trinajstić information content (AvgIpc) is 2.75. The molecule has 0 radical (unpaired) electrons. The first kappa shape index (κ1) is 24.7. The van der Waals surface area contributed by atoms with Crippen LogP contribution in [0, 0.1) is 13.8 Å². The second-order valence-corrected chi connectivity index (χ2v) is 8.19. The normalized spacial score (nSPS) is 11.6. The highest BCUT2D eigenvalue weighted by Gasteiger charge is 2.28. The summed E-state index contributed by atoms with van der Waals surface area (Å²) < 4.78 is 5.77. The maximum atomic E-state index is 13.2. The highest BCUT2D eigenvalue weighted by molar-refractivity contribution is 6.30. The monoisotopic (exact) mass is 444 g/mol. The molecular weight excluding hydrogens is 412 g/mol. The molecule has 2 rings (SSSR count). The fourth-order valence-corrected chi connectivity index (χ4v) is 3.37. The third-order valence-corrected chi connectivity index (χ3v) is 5.57. The van der Waals surface area contributed by atoms with Gasteiger partial charge in [-0.3, -0.25) is 9.59 Å². The molecule has 1 atom stereocenters. The molecule has 0 aliphatic carbocycles. The maximum Gasteiger partial charge on any atom is 0.261 e. The van der Waals surface area contributed by atoms with Crippen LogP contribution in [-0.4, -0.2) is 35.9 Å². The van der Waals surface area contributed by atoms with E-state index in [-0.39, 0.29) is 18.4 Å². The molecule has 31 heavy (non-hydrogen) atoms. The zero-order chi connectivity index (χ0) is 22.8. The van der Waals surface area contributed by atoms with Crippen molar-refractivity contribution < 1.29 is 14.3 Å². The lowest BCUT2D eigenvalue weighted by Gasteiger charge is -2.30. The molecule has 2 aromatic carbocycles. The van der Waals surface area contributed by atoms with Crippen molar-refractivity contribution in [2.45, 2.75) is 59.5 Å². The standard InChI is InChI=1S/C25H33ClN2O3/c1-5-7-14-27-25(30)23(6-2)28(16-20-9-11-21(26)12-10-20)24(29)17-31-22-13-8-18(3)19(4)15-22/h8-13,15,23H,5-7,14,16-17H2,1-4H3,(H,27,30)/t23-/m1/s1.